The van der Waals surface area contributed by atoms with Crippen molar-refractivity contribution in [1.29, 1.82) is 0 Å². The van der Waals surface area contributed by atoms with Gasteiger partial charge in [0.2, 0.25) is 0 Å². The van der Waals surface area contributed by atoms with Crippen molar-refractivity contribution >= 4 is 34.7 Å². The van der Waals surface area contributed by atoms with Gasteiger partial charge in [-0.25, -0.2) is 0 Å². The Kier molecular flexibility index (Phi) is 5.34. The van der Waals surface area contributed by atoms with Crippen molar-refractivity contribution in [3.63, 3.8) is 0 Å². The third kappa shape index (κ3) is 3.18. The molecule has 1 saturated heterocycles. The molecule has 0 spiro atoms. The number of halogens is 1. The number of carbonyl (C=O) groups excluding carboxylic acids is 2. The van der Waals surface area contributed by atoms with Crippen LogP contribution in [0, 0.1) is 0 Å². The van der Waals surface area contributed by atoms with E-state index < -0.39 is 6.04 Å². The third-order valence-corrected chi connectivity index (χ3v) is 7.33. The lowest BCUT2D eigenvalue weighted by molar-refractivity contribution is 0.0112. The van der Waals surface area contributed by atoms with Gasteiger partial charge in [-0.05, 0) is 81.5 Å². The number of nitrogens with zero attached hydrogens (tertiary/aromatic N) is 2. The van der Waals surface area contributed by atoms with Crippen LogP contribution >= 0.6 is 11.6 Å². The van der Waals surface area contributed by atoms with Gasteiger partial charge in [-0.2, -0.15) is 0 Å². The number of anilines is 1. The molecule has 0 saturated carbocycles. The summed E-state index contributed by atoms with van der Waals surface area (Å²) in [6.07, 6.45) is 3.20. The standard InChI is InChI=1S/C26H27ClN2O3/c1-15-16(2)28(23-10-6-7-13-32-23)22-12-11-18(27)14-21(22)24(15)17(3)29-25(30)19-8-4-5-9-20(19)26(29)31/h4-5,8-9,11-12,14,16-17,23H,6-7,10,13H2,1-3H3. The van der Waals surface area contributed by atoms with E-state index in [1.807, 2.05) is 25.1 Å². The average molecular weight is 451 g/mol. The Morgan fingerprint density at radius 2 is 1.72 bits per heavy atom. The Morgan fingerprint density at radius 3 is 2.34 bits per heavy atom. The van der Waals surface area contributed by atoms with E-state index in [1.54, 1.807) is 24.3 Å². The number of fused-ring (bicyclic) bond motifs is 2. The molecule has 0 radical (unpaired) electrons. The fourth-order valence-corrected chi connectivity index (χ4v) is 5.57. The molecular formula is C26H27ClN2O3. The maximum Gasteiger partial charge on any atom is 0.262 e. The predicted octanol–water partition coefficient (Wildman–Crippen LogP) is 5.53. The maximum atomic E-state index is 13.2. The Labute approximate surface area is 193 Å². The van der Waals surface area contributed by atoms with Crippen molar-refractivity contribution in [3.8, 4) is 0 Å². The highest BCUT2D eigenvalue weighted by molar-refractivity contribution is 6.31. The molecule has 3 unspecified atom stereocenters. The molecule has 2 aromatic carbocycles. The van der Waals surface area contributed by atoms with Crippen molar-refractivity contribution in [2.75, 3.05) is 11.5 Å². The first-order valence-electron chi connectivity index (χ1n) is 11.3. The zero-order valence-electron chi connectivity index (χ0n) is 18.6. The molecule has 3 aliphatic heterocycles. The van der Waals surface area contributed by atoms with Crippen molar-refractivity contribution in [2.24, 2.45) is 0 Å². The van der Waals surface area contributed by atoms with Gasteiger partial charge < -0.3 is 9.64 Å². The molecule has 1 fully saturated rings. The summed E-state index contributed by atoms with van der Waals surface area (Å²) >= 11 is 6.43. The number of carbonyl (C=O) groups is 2. The van der Waals surface area contributed by atoms with Crippen molar-refractivity contribution < 1.29 is 14.3 Å². The van der Waals surface area contributed by atoms with Gasteiger partial charge in [0.25, 0.3) is 11.8 Å². The van der Waals surface area contributed by atoms with Gasteiger partial charge in [-0.1, -0.05) is 23.7 Å². The first-order valence-corrected chi connectivity index (χ1v) is 11.7. The summed E-state index contributed by atoms with van der Waals surface area (Å²) < 4.78 is 6.15. The summed E-state index contributed by atoms with van der Waals surface area (Å²) in [6.45, 7) is 6.96. The molecule has 6 heteroatoms. The molecule has 0 N–H and O–H groups in total. The van der Waals surface area contributed by atoms with Gasteiger partial charge in [-0.3, -0.25) is 14.5 Å². The molecule has 2 amide bonds. The molecule has 3 aliphatic rings. The molecule has 2 aromatic rings. The fraction of sp³-hybridized carbons (Fsp3) is 0.385. The van der Waals surface area contributed by atoms with Crippen molar-refractivity contribution in [3.05, 3.63) is 69.8 Å². The van der Waals surface area contributed by atoms with Crippen LogP contribution in [0.2, 0.25) is 5.02 Å². The number of imide groups is 1. The summed E-state index contributed by atoms with van der Waals surface area (Å²) in [7, 11) is 0. The second-order valence-electron chi connectivity index (χ2n) is 8.86. The van der Waals surface area contributed by atoms with E-state index in [9.17, 15) is 9.59 Å². The second-order valence-corrected chi connectivity index (χ2v) is 9.30. The average Bonchev–Trinajstić information content (AvgIpc) is 3.05. The monoisotopic (exact) mass is 450 g/mol. The van der Waals surface area contributed by atoms with Gasteiger partial charge >= 0.3 is 0 Å². The summed E-state index contributed by atoms with van der Waals surface area (Å²) in [5, 5.41) is 0.627. The van der Waals surface area contributed by atoms with Crippen LogP contribution in [0.25, 0.3) is 5.57 Å². The highest BCUT2D eigenvalue weighted by atomic mass is 35.5. The molecule has 32 heavy (non-hydrogen) atoms. The first kappa shape index (κ1) is 21.2. The summed E-state index contributed by atoms with van der Waals surface area (Å²) in [6, 6.07) is 12.6. The Bertz CT molecular complexity index is 1100. The second kappa shape index (κ2) is 8.05. The number of hydrogen-bond acceptors (Lipinski definition) is 4. The normalized spacial score (nSPS) is 24.0. The molecule has 166 valence electrons. The van der Waals surface area contributed by atoms with Crippen molar-refractivity contribution in [2.45, 2.75) is 58.3 Å². The summed E-state index contributed by atoms with van der Waals surface area (Å²) in [4.78, 5) is 30.1. The SMILES string of the molecule is CC1=C(C(C)N2C(=O)c3ccccc3C2=O)c2cc(Cl)ccc2N(C2CCCCO2)C1C. The third-order valence-electron chi connectivity index (χ3n) is 7.09. The molecule has 3 atom stereocenters. The van der Waals surface area contributed by atoms with Gasteiger partial charge in [0.05, 0.1) is 23.2 Å². The number of benzene rings is 2. The molecule has 0 bridgehead atoms. The van der Waals surface area contributed by atoms with Crippen LogP contribution in [0.5, 0.6) is 0 Å². The van der Waals surface area contributed by atoms with Gasteiger partial charge in [0.15, 0.2) is 0 Å². The highest BCUT2D eigenvalue weighted by Crippen LogP contribution is 2.45. The maximum absolute atomic E-state index is 13.2. The van der Waals surface area contributed by atoms with E-state index in [-0.39, 0.29) is 24.1 Å². The largest absolute Gasteiger partial charge is 0.358 e. The minimum Gasteiger partial charge on any atom is -0.358 e. The molecule has 5 rings (SSSR count). The van der Waals surface area contributed by atoms with Crippen LogP contribution in [0.15, 0.2) is 48.0 Å². The number of hydrogen-bond donors (Lipinski definition) is 0. The minimum atomic E-state index is -0.420. The lowest BCUT2D eigenvalue weighted by atomic mass is 9.84. The van der Waals surface area contributed by atoms with Crippen LogP contribution in [0.1, 0.15) is 66.3 Å². The topological polar surface area (TPSA) is 49.9 Å². The summed E-state index contributed by atoms with van der Waals surface area (Å²) in [5.74, 6) is -0.486. The Morgan fingerprint density at radius 1 is 1.03 bits per heavy atom. The van der Waals surface area contributed by atoms with E-state index in [0.29, 0.717) is 16.1 Å². The van der Waals surface area contributed by atoms with Crippen LogP contribution in [-0.2, 0) is 4.74 Å². The van der Waals surface area contributed by atoms with E-state index in [0.717, 1.165) is 48.3 Å². The van der Waals surface area contributed by atoms with E-state index in [2.05, 4.69) is 18.7 Å². The Hall–Kier alpha value is -2.63. The zero-order chi connectivity index (χ0) is 22.6. The van der Waals surface area contributed by atoms with Crippen molar-refractivity contribution in [1.82, 2.24) is 4.90 Å². The van der Waals surface area contributed by atoms with Gasteiger partial charge in [0.1, 0.15) is 6.23 Å². The van der Waals surface area contributed by atoms with E-state index in [1.165, 1.54) is 4.90 Å². The van der Waals surface area contributed by atoms with Crippen LogP contribution in [-0.4, -0.2) is 41.6 Å². The van der Waals surface area contributed by atoms with Crippen LogP contribution in [0.3, 0.4) is 0 Å². The number of amides is 2. The van der Waals surface area contributed by atoms with E-state index >= 15 is 0 Å². The lowest BCUT2D eigenvalue weighted by Crippen LogP contribution is -2.49. The molecule has 5 nitrogen and oxygen atoms in total. The number of ether oxygens (including phenoxy) is 1. The zero-order valence-corrected chi connectivity index (χ0v) is 19.4. The van der Waals surface area contributed by atoms with E-state index in [4.69, 9.17) is 16.3 Å². The van der Waals surface area contributed by atoms with Crippen LogP contribution < -0.4 is 4.90 Å². The molecule has 0 aliphatic carbocycles. The van der Waals surface area contributed by atoms with Gasteiger partial charge in [0, 0.05) is 22.9 Å². The smallest absolute Gasteiger partial charge is 0.262 e. The lowest BCUT2D eigenvalue weighted by Gasteiger charge is -2.46. The Balaban J connectivity index is 1.60. The highest BCUT2D eigenvalue weighted by Gasteiger charge is 2.43. The molecule has 0 aromatic heterocycles. The minimum absolute atomic E-state index is 0.00443. The fourth-order valence-electron chi connectivity index (χ4n) is 5.39. The number of rotatable bonds is 3. The first-order chi connectivity index (χ1) is 15.4. The quantitative estimate of drug-likeness (QED) is 0.576. The van der Waals surface area contributed by atoms with Crippen LogP contribution in [0.4, 0.5) is 5.69 Å². The summed E-state index contributed by atoms with van der Waals surface area (Å²) in [5.41, 5.74) is 5.05. The predicted molar refractivity (Wildman–Crippen MR) is 126 cm³/mol. The van der Waals surface area contributed by atoms with Gasteiger partial charge in [-0.15, -0.1) is 0 Å². The molecule has 3 heterocycles. The molecular weight excluding hydrogens is 424 g/mol.